The minimum Gasteiger partial charge on any atom is -0.330 e. The van der Waals surface area contributed by atoms with Crippen molar-refractivity contribution in [3.05, 3.63) is 0 Å². The summed E-state index contributed by atoms with van der Waals surface area (Å²) in [4.78, 5) is 0. The quantitative estimate of drug-likeness (QED) is 0.593. The Morgan fingerprint density at radius 1 is 1.50 bits per heavy atom. The molecule has 2 fully saturated rings. The fourth-order valence-electron chi connectivity index (χ4n) is 2.31. The molecule has 2 rings (SSSR count). The maximum absolute atomic E-state index is 12.8. The lowest BCUT2D eigenvalue weighted by atomic mass is 10.1. The van der Waals surface area contributed by atoms with E-state index in [1.165, 1.54) is 0 Å². The Hall–Kier alpha value is -0.180. The second-order valence-electron chi connectivity index (χ2n) is 3.39. The molecule has 0 spiro atoms. The molecule has 3 heteroatoms. The zero-order valence-electron chi connectivity index (χ0n) is 5.69. The van der Waals surface area contributed by atoms with Crippen molar-refractivity contribution in [3.8, 4) is 0 Å². The molecule has 0 bridgehead atoms. The smallest absolute Gasteiger partial charge is 0.251 e. The van der Waals surface area contributed by atoms with Gasteiger partial charge < -0.3 is 5.73 Å². The second-order valence-corrected chi connectivity index (χ2v) is 3.39. The number of hydrogen-bond donors (Lipinski definition) is 1. The summed E-state index contributed by atoms with van der Waals surface area (Å²) in [5, 5.41) is 0. The fraction of sp³-hybridized carbons (Fsp3) is 1.00. The van der Waals surface area contributed by atoms with Crippen LogP contribution in [-0.4, -0.2) is 12.5 Å². The zero-order chi connectivity index (χ0) is 7.35. The van der Waals surface area contributed by atoms with E-state index in [1.54, 1.807) is 0 Å². The van der Waals surface area contributed by atoms with Crippen molar-refractivity contribution in [2.24, 2.45) is 23.5 Å². The summed E-state index contributed by atoms with van der Waals surface area (Å²) in [7, 11) is 0. The predicted octanol–water partition coefficient (Wildman–Crippen LogP) is 1.24. The summed E-state index contributed by atoms with van der Waals surface area (Å²) in [6, 6.07) is 0. The molecule has 0 aromatic rings. The predicted molar refractivity (Wildman–Crippen MR) is 33.7 cm³/mol. The van der Waals surface area contributed by atoms with Crippen LogP contribution >= 0.6 is 0 Å². The summed E-state index contributed by atoms with van der Waals surface area (Å²) in [5.74, 6) is -2.32. The average Bonchev–Trinajstić information content (AvgIpc) is 2.50. The number of alkyl halides is 2. The van der Waals surface area contributed by atoms with Crippen LogP contribution in [0.15, 0.2) is 0 Å². The van der Waals surface area contributed by atoms with Crippen LogP contribution in [0.5, 0.6) is 0 Å². The Morgan fingerprint density at radius 3 is 2.50 bits per heavy atom. The van der Waals surface area contributed by atoms with E-state index >= 15 is 0 Å². The molecule has 10 heavy (non-hydrogen) atoms. The highest BCUT2D eigenvalue weighted by atomic mass is 19.3. The summed E-state index contributed by atoms with van der Waals surface area (Å²) in [6.45, 7) is 0.449. The summed E-state index contributed by atoms with van der Waals surface area (Å²) < 4.78 is 25.5. The van der Waals surface area contributed by atoms with Gasteiger partial charge in [-0.15, -0.1) is 0 Å². The van der Waals surface area contributed by atoms with E-state index in [9.17, 15) is 8.78 Å². The average molecular weight is 147 g/mol. The number of fused-ring (bicyclic) bond motifs is 1. The maximum atomic E-state index is 12.8. The van der Waals surface area contributed by atoms with E-state index in [1.807, 2.05) is 0 Å². The van der Waals surface area contributed by atoms with E-state index in [2.05, 4.69) is 0 Å². The molecule has 0 heterocycles. The summed E-state index contributed by atoms with van der Waals surface area (Å²) in [5.41, 5.74) is 5.31. The Balaban J connectivity index is 2.07. The van der Waals surface area contributed by atoms with Gasteiger partial charge in [-0.1, -0.05) is 0 Å². The van der Waals surface area contributed by atoms with Crippen LogP contribution in [0, 0.1) is 17.8 Å². The van der Waals surface area contributed by atoms with E-state index in [0.717, 1.165) is 0 Å². The zero-order valence-corrected chi connectivity index (χ0v) is 5.69. The first-order valence-corrected chi connectivity index (χ1v) is 3.74. The molecule has 58 valence electrons. The molecule has 3 unspecified atom stereocenters. The maximum Gasteiger partial charge on any atom is 0.251 e. The first-order chi connectivity index (χ1) is 4.67. The van der Waals surface area contributed by atoms with Crippen LogP contribution in [0.4, 0.5) is 8.78 Å². The van der Waals surface area contributed by atoms with Crippen molar-refractivity contribution < 1.29 is 8.78 Å². The van der Waals surface area contributed by atoms with Crippen LogP contribution in [0.1, 0.15) is 12.8 Å². The van der Waals surface area contributed by atoms with Crippen molar-refractivity contribution in [2.45, 2.75) is 18.8 Å². The molecule has 2 aliphatic carbocycles. The molecule has 0 radical (unpaired) electrons. The van der Waals surface area contributed by atoms with Gasteiger partial charge in [0, 0.05) is 12.3 Å². The van der Waals surface area contributed by atoms with Crippen molar-refractivity contribution >= 4 is 0 Å². The Kier molecular flexibility index (Phi) is 1.11. The lowest BCUT2D eigenvalue weighted by molar-refractivity contribution is -0.0206. The van der Waals surface area contributed by atoms with Crippen LogP contribution in [0.25, 0.3) is 0 Å². The number of nitrogens with two attached hydrogens (primary N) is 1. The number of rotatable bonds is 1. The van der Waals surface area contributed by atoms with Gasteiger partial charge in [0.1, 0.15) is 0 Å². The second kappa shape index (κ2) is 1.70. The highest BCUT2D eigenvalue weighted by Gasteiger charge is 2.66. The van der Waals surface area contributed by atoms with Gasteiger partial charge in [-0.25, -0.2) is 8.78 Å². The SMILES string of the molecule is NCC1C2CCC(F)(F)C12. The molecule has 0 aromatic carbocycles. The standard InChI is InChI=1S/C7H11F2N/c8-7(9)2-1-4-5(3-10)6(4)7/h4-6H,1-3,10H2. The first kappa shape index (κ1) is 6.53. The van der Waals surface area contributed by atoms with Gasteiger partial charge in [0.25, 0.3) is 5.92 Å². The lowest BCUT2D eigenvalue weighted by Crippen LogP contribution is -2.19. The van der Waals surface area contributed by atoms with Gasteiger partial charge in [-0.3, -0.25) is 0 Å². The molecule has 0 aromatic heterocycles. The number of halogens is 2. The van der Waals surface area contributed by atoms with Gasteiger partial charge in [0.15, 0.2) is 0 Å². The third-order valence-corrected chi connectivity index (χ3v) is 2.90. The molecule has 2 aliphatic rings. The van der Waals surface area contributed by atoms with Gasteiger partial charge in [-0.2, -0.15) is 0 Å². The first-order valence-electron chi connectivity index (χ1n) is 3.74. The van der Waals surface area contributed by atoms with E-state index in [4.69, 9.17) is 5.73 Å². The van der Waals surface area contributed by atoms with Crippen LogP contribution in [0.3, 0.4) is 0 Å². The Morgan fingerprint density at radius 2 is 2.20 bits per heavy atom. The fourth-order valence-corrected chi connectivity index (χ4v) is 2.31. The molecular formula is C7H11F2N. The molecule has 2 N–H and O–H groups in total. The highest BCUT2D eigenvalue weighted by Crippen LogP contribution is 2.63. The lowest BCUT2D eigenvalue weighted by Gasteiger charge is -2.11. The molecule has 0 aliphatic heterocycles. The third-order valence-electron chi connectivity index (χ3n) is 2.90. The van der Waals surface area contributed by atoms with Crippen molar-refractivity contribution in [2.75, 3.05) is 6.54 Å². The minimum atomic E-state index is -2.38. The van der Waals surface area contributed by atoms with Gasteiger partial charge in [0.05, 0.1) is 0 Å². The number of hydrogen-bond acceptors (Lipinski definition) is 1. The molecular weight excluding hydrogens is 136 g/mol. The highest BCUT2D eigenvalue weighted by molar-refractivity contribution is 5.09. The Bertz CT molecular complexity index is 154. The third kappa shape index (κ3) is 0.641. The molecule has 1 nitrogen and oxygen atoms in total. The summed E-state index contributed by atoms with van der Waals surface area (Å²) in [6.07, 6.45) is 0.790. The van der Waals surface area contributed by atoms with Crippen LogP contribution < -0.4 is 5.73 Å². The van der Waals surface area contributed by atoms with Gasteiger partial charge in [0.2, 0.25) is 0 Å². The van der Waals surface area contributed by atoms with Crippen LogP contribution in [0.2, 0.25) is 0 Å². The molecule has 0 amide bonds. The van der Waals surface area contributed by atoms with E-state index in [0.29, 0.717) is 13.0 Å². The Labute approximate surface area is 58.6 Å². The molecule has 0 saturated heterocycles. The molecule has 3 atom stereocenters. The van der Waals surface area contributed by atoms with Crippen LogP contribution in [-0.2, 0) is 0 Å². The monoisotopic (exact) mass is 147 g/mol. The van der Waals surface area contributed by atoms with Crippen molar-refractivity contribution in [3.63, 3.8) is 0 Å². The minimum absolute atomic E-state index is 0.0961. The van der Waals surface area contributed by atoms with Crippen molar-refractivity contribution in [1.82, 2.24) is 0 Å². The molecule has 2 saturated carbocycles. The van der Waals surface area contributed by atoms with Crippen molar-refractivity contribution in [1.29, 1.82) is 0 Å². The van der Waals surface area contributed by atoms with Gasteiger partial charge >= 0.3 is 0 Å². The topological polar surface area (TPSA) is 26.0 Å². The van der Waals surface area contributed by atoms with E-state index in [-0.39, 0.29) is 24.2 Å². The largest absolute Gasteiger partial charge is 0.330 e. The van der Waals surface area contributed by atoms with E-state index < -0.39 is 5.92 Å². The van der Waals surface area contributed by atoms with Gasteiger partial charge in [-0.05, 0) is 24.8 Å². The normalized spacial score (nSPS) is 48.9. The summed E-state index contributed by atoms with van der Waals surface area (Å²) >= 11 is 0.